The molecule has 0 radical (unpaired) electrons. The van der Waals surface area contributed by atoms with E-state index in [9.17, 15) is 14.4 Å². The smallest absolute Gasteiger partial charge is 0.245 e. The quantitative estimate of drug-likeness (QED) is 0.776. The van der Waals surface area contributed by atoms with Crippen molar-refractivity contribution in [3.05, 3.63) is 0 Å². The summed E-state index contributed by atoms with van der Waals surface area (Å²) in [6, 6.07) is 0. The molecule has 6 rings (SSSR count). The molecule has 2 saturated heterocycles. The first-order chi connectivity index (χ1) is 11.9. The lowest BCUT2D eigenvalue weighted by Crippen LogP contribution is -2.52. The Morgan fingerprint density at radius 2 is 1.76 bits per heavy atom. The molecule has 2 unspecified atom stereocenters. The summed E-state index contributed by atoms with van der Waals surface area (Å²) in [7, 11) is 0. The second kappa shape index (κ2) is 5.06. The SMILES string of the molecule is CC12COCN1C(=O)C(C(=O)NCC13CC4CC(CC(C4)C1)C3)C2=O. The van der Waals surface area contributed by atoms with Crippen LogP contribution in [0.5, 0.6) is 0 Å². The molecule has 4 aliphatic carbocycles. The number of carbonyl (C=O) groups excluding carboxylic acids is 3. The number of rotatable bonds is 3. The maximum atomic E-state index is 12.7. The van der Waals surface area contributed by atoms with Crippen molar-refractivity contribution in [2.45, 2.75) is 51.0 Å². The van der Waals surface area contributed by atoms with Crippen molar-refractivity contribution in [1.29, 1.82) is 0 Å². The van der Waals surface area contributed by atoms with E-state index < -0.39 is 23.3 Å². The number of ketones is 1. The second-order valence-electron chi connectivity index (χ2n) is 9.45. The van der Waals surface area contributed by atoms with Gasteiger partial charge in [0.05, 0.1) is 6.61 Å². The molecule has 4 saturated carbocycles. The molecule has 0 aromatic rings. The molecule has 25 heavy (non-hydrogen) atoms. The summed E-state index contributed by atoms with van der Waals surface area (Å²) in [5, 5.41) is 3.00. The highest BCUT2D eigenvalue weighted by molar-refractivity contribution is 6.25. The lowest BCUT2D eigenvalue weighted by atomic mass is 9.49. The van der Waals surface area contributed by atoms with Crippen molar-refractivity contribution >= 4 is 17.6 Å². The molecule has 0 aromatic heterocycles. The number of nitrogens with zero attached hydrogens (tertiary/aromatic N) is 1. The number of fused-ring (bicyclic) bond motifs is 1. The van der Waals surface area contributed by atoms with Gasteiger partial charge in [-0.05, 0) is 68.6 Å². The third-order valence-corrected chi connectivity index (χ3v) is 7.57. The van der Waals surface area contributed by atoms with Crippen LogP contribution in [-0.2, 0) is 19.1 Å². The first kappa shape index (κ1) is 15.8. The normalized spacial score (nSPS) is 47.5. The van der Waals surface area contributed by atoms with E-state index in [4.69, 9.17) is 4.74 Å². The van der Waals surface area contributed by atoms with E-state index in [1.165, 1.54) is 43.4 Å². The highest BCUT2D eigenvalue weighted by Crippen LogP contribution is 2.59. The standard InChI is InChI=1S/C19H26N2O4/c1-18-9-25-10-21(18)17(24)14(15(18)22)16(23)20-8-19-5-11-2-12(6-19)4-13(3-11)7-19/h11-14H,2-10H2,1H3,(H,20,23). The topological polar surface area (TPSA) is 75.7 Å². The molecular formula is C19H26N2O4. The zero-order valence-electron chi connectivity index (χ0n) is 14.8. The van der Waals surface area contributed by atoms with Gasteiger partial charge in [-0.1, -0.05) is 0 Å². The lowest BCUT2D eigenvalue weighted by molar-refractivity contribution is -0.141. The molecule has 1 N–H and O–H groups in total. The van der Waals surface area contributed by atoms with Gasteiger partial charge in [0.2, 0.25) is 11.8 Å². The number of hydrogen-bond acceptors (Lipinski definition) is 4. The highest BCUT2D eigenvalue weighted by Gasteiger charge is 2.61. The minimum Gasteiger partial charge on any atom is -0.358 e. The third kappa shape index (κ3) is 2.15. The van der Waals surface area contributed by atoms with E-state index in [2.05, 4.69) is 5.32 Å². The van der Waals surface area contributed by atoms with Gasteiger partial charge in [0.1, 0.15) is 12.3 Å². The number of amides is 2. The maximum Gasteiger partial charge on any atom is 0.245 e. The summed E-state index contributed by atoms with van der Waals surface area (Å²) < 4.78 is 5.26. The van der Waals surface area contributed by atoms with E-state index in [-0.39, 0.29) is 24.5 Å². The van der Waals surface area contributed by atoms with Gasteiger partial charge < -0.3 is 15.0 Å². The monoisotopic (exact) mass is 346 g/mol. The fraction of sp³-hybridized carbons (Fsp3) is 0.842. The van der Waals surface area contributed by atoms with Crippen LogP contribution in [-0.4, -0.2) is 47.9 Å². The van der Waals surface area contributed by atoms with Crippen LogP contribution in [0.3, 0.4) is 0 Å². The molecule has 2 aliphatic heterocycles. The first-order valence-corrected chi connectivity index (χ1v) is 9.61. The van der Waals surface area contributed by atoms with Crippen molar-refractivity contribution in [3.8, 4) is 0 Å². The van der Waals surface area contributed by atoms with Crippen LogP contribution in [0.4, 0.5) is 0 Å². The van der Waals surface area contributed by atoms with Crippen LogP contribution >= 0.6 is 0 Å². The molecule has 4 bridgehead atoms. The summed E-state index contributed by atoms with van der Waals surface area (Å²) in [6.45, 7) is 2.63. The number of hydrogen-bond donors (Lipinski definition) is 1. The first-order valence-electron chi connectivity index (χ1n) is 9.61. The molecule has 136 valence electrons. The maximum absolute atomic E-state index is 12.7. The Kier molecular flexibility index (Phi) is 3.20. The zero-order chi connectivity index (χ0) is 17.4. The average Bonchev–Trinajstić information content (AvgIpc) is 3.02. The summed E-state index contributed by atoms with van der Waals surface area (Å²) in [4.78, 5) is 39.3. The Morgan fingerprint density at radius 1 is 1.16 bits per heavy atom. The lowest BCUT2D eigenvalue weighted by Gasteiger charge is -2.56. The van der Waals surface area contributed by atoms with Gasteiger partial charge >= 0.3 is 0 Å². The van der Waals surface area contributed by atoms with Crippen molar-refractivity contribution in [2.75, 3.05) is 19.9 Å². The van der Waals surface area contributed by atoms with Crippen molar-refractivity contribution in [3.63, 3.8) is 0 Å². The van der Waals surface area contributed by atoms with Crippen LogP contribution in [0.15, 0.2) is 0 Å². The fourth-order valence-electron chi connectivity index (χ4n) is 6.76. The predicted molar refractivity (Wildman–Crippen MR) is 88.2 cm³/mol. The van der Waals surface area contributed by atoms with E-state index in [1.54, 1.807) is 6.92 Å². The van der Waals surface area contributed by atoms with Gasteiger partial charge in [-0.2, -0.15) is 0 Å². The van der Waals surface area contributed by atoms with Crippen molar-refractivity contribution in [2.24, 2.45) is 29.1 Å². The Balaban J connectivity index is 1.29. The largest absolute Gasteiger partial charge is 0.358 e. The van der Waals surface area contributed by atoms with Crippen LogP contribution < -0.4 is 5.32 Å². The summed E-state index contributed by atoms with van der Waals surface area (Å²) in [6.07, 6.45) is 7.68. The van der Waals surface area contributed by atoms with Crippen molar-refractivity contribution in [1.82, 2.24) is 10.2 Å². The Hall–Kier alpha value is -1.43. The van der Waals surface area contributed by atoms with Gasteiger partial charge in [0, 0.05) is 6.54 Å². The van der Waals surface area contributed by atoms with Gasteiger partial charge in [0.25, 0.3) is 0 Å². The predicted octanol–water partition coefficient (Wildman–Crippen LogP) is 1.09. The van der Waals surface area contributed by atoms with Crippen LogP contribution in [0.1, 0.15) is 45.4 Å². The minimum absolute atomic E-state index is 0.111. The van der Waals surface area contributed by atoms with Gasteiger partial charge in [-0.3, -0.25) is 14.4 Å². The molecule has 6 aliphatic rings. The van der Waals surface area contributed by atoms with Gasteiger partial charge in [-0.25, -0.2) is 0 Å². The summed E-state index contributed by atoms with van der Waals surface area (Å²) >= 11 is 0. The van der Waals surface area contributed by atoms with Crippen molar-refractivity contribution < 1.29 is 19.1 Å². The molecule has 0 spiro atoms. The van der Waals surface area contributed by atoms with Crippen LogP contribution in [0, 0.1) is 29.1 Å². The average molecular weight is 346 g/mol. The molecule has 6 nitrogen and oxygen atoms in total. The Morgan fingerprint density at radius 3 is 2.32 bits per heavy atom. The van der Waals surface area contributed by atoms with E-state index in [0.717, 1.165) is 17.8 Å². The number of nitrogens with one attached hydrogen (secondary N) is 1. The fourth-order valence-corrected chi connectivity index (χ4v) is 6.76. The Labute approximate surface area is 147 Å². The second-order valence-corrected chi connectivity index (χ2v) is 9.45. The molecule has 6 fully saturated rings. The number of Topliss-reactive ketones (excluding diaryl/α,β-unsaturated/α-hetero) is 1. The van der Waals surface area contributed by atoms with Gasteiger partial charge in [0.15, 0.2) is 11.7 Å². The number of carbonyl (C=O) groups is 3. The molecule has 2 amide bonds. The molecule has 2 atom stereocenters. The molecule has 2 heterocycles. The zero-order valence-corrected chi connectivity index (χ0v) is 14.8. The van der Waals surface area contributed by atoms with E-state index in [1.807, 2.05) is 0 Å². The Bertz CT molecular complexity index is 625. The minimum atomic E-state index is -1.18. The van der Waals surface area contributed by atoms with Gasteiger partial charge in [-0.15, -0.1) is 0 Å². The summed E-state index contributed by atoms with van der Waals surface area (Å²) in [5.74, 6) is 0.175. The molecular weight excluding hydrogens is 320 g/mol. The molecule has 6 heteroatoms. The van der Waals surface area contributed by atoms with Crippen LogP contribution in [0.25, 0.3) is 0 Å². The third-order valence-electron chi connectivity index (χ3n) is 7.57. The van der Waals surface area contributed by atoms with E-state index >= 15 is 0 Å². The molecule has 0 aromatic carbocycles. The summed E-state index contributed by atoms with van der Waals surface area (Å²) in [5.41, 5.74) is -0.752. The van der Waals surface area contributed by atoms with E-state index in [0.29, 0.717) is 6.54 Å². The van der Waals surface area contributed by atoms with Crippen LogP contribution in [0.2, 0.25) is 0 Å². The highest BCUT2D eigenvalue weighted by atomic mass is 16.5. The number of ether oxygens (including phenoxy) is 1.